The third kappa shape index (κ3) is 5.56. The molecule has 0 saturated carbocycles. The molecule has 0 radical (unpaired) electrons. The molecular formula is C19H26N6OS. The van der Waals surface area contributed by atoms with Gasteiger partial charge in [0, 0.05) is 18.8 Å². The molecule has 1 aromatic heterocycles. The molecule has 2 heterocycles. The lowest BCUT2D eigenvalue weighted by Gasteiger charge is -2.30. The van der Waals surface area contributed by atoms with Crippen LogP contribution in [0.15, 0.2) is 24.3 Å². The molecule has 0 aliphatic carbocycles. The van der Waals surface area contributed by atoms with Crippen molar-refractivity contribution in [1.29, 1.82) is 0 Å². The van der Waals surface area contributed by atoms with Gasteiger partial charge >= 0.3 is 0 Å². The highest BCUT2D eigenvalue weighted by atomic mass is 32.2. The molecule has 1 aliphatic heterocycles. The Morgan fingerprint density at radius 3 is 2.93 bits per heavy atom. The van der Waals surface area contributed by atoms with Gasteiger partial charge in [0.15, 0.2) is 0 Å². The Hall–Kier alpha value is -2.35. The standard InChI is InChI=1S/C19H26N6OS/c1-13-6-5-9-25(10-13)17(26)12-27-11-16-22-18(20)24-19(23-16)21-15-8-4-3-7-14(15)2/h3-4,7-8,13H,5-6,9-12H2,1-2H3,(H3,20,21,22,23,24)/t13-/m0/s1. The number of nitrogen functional groups attached to an aromatic ring is 1. The number of carbonyl (C=O) groups excluding carboxylic acids is 1. The summed E-state index contributed by atoms with van der Waals surface area (Å²) >= 11 is 1.51. The van der Waals surface area contributed by atoms with Gasteiger partial charge in [-0.3, -0.25) is 4.79 Å². The third-order valence-corrected chi connectivity index (χ3v) is 5.47. The van der Waals surface area contributed by atoms with Crippen molar-refractivity contribution in [3.05, 3.63) is 35.7 Å². The Morgan fingerprint density at radius 1 is 1.33 bits per heavy atom. The monoisotopic (exact) mass is 386 g/mol. The van der Waals surface area contributed by atoms with Crippen LogP contribution in [0.1, 0.15) is 31.2 Å². The van der Waals surface area contributed by atoms with Crippen molar-refractivity contribution in [2.24, 2.45) is 5.92 Å². The fourth-order valence-corrected chi connectivity index (χ4v) is 3.90. The Balaban J connectivity index is 1.56. The Bertz CT molecular complexity index is 800. The lowest BCUT2D eigenvalue weighted by molar-refractivity contribution is -0.130. The summed E-state index contributed by atoms with van der Waals surface area (Å²) in [5, 5.41) is 3.18. The Kier molecular flexibility index (Phi) is 6.49. The highest BCUT2D eigenvalue weighted by Crippen LogP contribution is 2.20. The molecule has 1 saturated heterocycles. The number of aryl methyl sites for hydroxylation is 1. The number of hydrogen-bond acceptors (Lipinski definition) is 7. The molecule has 0 spiro atoms. The van der Waals surface area contributed by atoms with Crippen molar-refractivity contribution in [3.63, 3.8) is 0 Å². The average Bonchev–Trinajstić information content (AvgIpc) is 2.63. The second-order valence-electron chi connectivity index (χ2n) is 6.95. The van der Waals surface area contributed by atoms with E-state index in [1.54, 1.807) is 0 Å². The molecule has 1 fully saturated rings. The number of rotatable bonds is 6. The zero-order valence-electron chi connectivity index (χ0n) is 15.8. The molecule has 8 heteroatoms. The number of amides is 1. The fourth-order valence-electron chi connectivity index (χ4n) is 3.13. The van der Waals surface area contributed by atoms with Gasteiger partial charge < -0.3 is 16.0 Å². The molecule has 1 atom stereocenters. The van der Waals surface area contributed by atoms with Crippen molar-refractivity contribution < 1.29 is 4.79 Å². The minimum atomic E-state index is 0.174. The highest BCUT2D eigenvalue weighted by Gasteiger charge is 2.20. The first-order valence-corrected chi connectivity index (χ1v) is 10.4. The van der Waals surface area contributed by atoms with Gasteiger partial charge in [-0.15, -0.1) is 11.8 Å². The van der Waals surface area contributed by atoms with E-state index in [0.717, 1.165) is 30.8 Å². The van der Waals surface area contributed by atoms with E-state index in [0.29, 0.717) is 29.2 Å². The highest BCUT2D eigenvalue weighted by molar-refractivity contribution is 7.99. The zero-order valence-corrected chi connectivity index (χ0v) is 16.6. The molecular weight excluding hydrogens is 360 g/mol. The third-order valence-electron chi connectivity index (χ3n) is 4.56. The number of thioether (sulfide) groups is 1. The number of piperidine rings is 1. The molecule has 2 aromatic rings. The summed E-state index contributed by atoms with van der Waals surface area (Å²) in [6, 6.07) is 7.90. The van der Waals surface area contributed by atoms with E-state index in [2.05, 4.69) is 27.2 Å². The molecule has 3 N–H and O–H groups in total. The number of aromatic nitrogens is 3. The summed E-state index contributed by atoms with van der Waals surface area (Å²) in [5.41, 5.74) is 7.85. The maximum atomic E-state index is 12.4. The first kappa shape index (κ1) is 19.4. The summed E-state index contributed by atoms with van der Waals surface area (Å²) in [7, 11) is 0. The summed E-state index contributed by atoms with van der Waals surface area (Å²) in [5.74, 6) is 2.89. The summed E-state index contributed by atoms with van der Waals surface area (Å²) in [4.78, 5) is 27.1. The predicted octanol–water partition coefficient (Wildman–Crippen LogP) is 3.00. The van der Waals surface area contributed by atoms with E-state index in [1.807, 2.05) is 36.1 Å². The van der Waals surface area contributed by atoms with Crippen LogP contribution in [0.3, 0.4) is 0 Å². The normalized spacial score (nSPS) is 17.0. The van der Waals surface area contributed by atoms with E-state index < -0.39 is 0 Å². The van der Waals surface area contributed by atoms with Crippen LogP contribution in [-0.2, 0) is 10.5 Å². The number of likely N-dealkylation sites (tertiary alicyclic amines) is 1. The number of carbonyl (C=O) groups is 1. The number of nitrogens with two attached hydrogens (primary N) is 1. The minimum Gasteiger partial charge on any atom is -0.368 e. The zero-order chi connectivity index (χ0) is 19.2. The van der Waals surface area contributed by atoms with Gasteiger partial charge in [-0.25, -0.2) is 0 Å². The van der Waals surface area contributed by atoms with Crippen molar-refractivity contribution in [1.82, 2.24) is 19.9 Å². The van der Waals surface area contributed by atoms with Crippen molar-refractivity contribution in [2.45, 2.75) is 32.4 Å². The summed E-state index contributed by atoms with van der Waals surface area (Å²) < 4.78 is 0. The van der Waals surface area contributed by atoms with Crippen LogP contribution in [0.2, 0.25) is 0 Å². The van der Waals surface area contributed by atoms with Gasteiger partial charge in [0.1, 0.15) is 5.82 Å². The Labute approximate surface area is 164 Å². The minimum absolute atomic E-state index is 0.174. The van der Waals surface area contributed by atoms with Gasteiger partial charge in [0.2, 0.25) is 17.8 Å². The smallest absolute Gasteiger partial charge is 0.232 e. The molecule has 27 heavy (non-hydrogen) atoms. The van der Waals surface area contributed by atoms with E-state index in [1.165, 1.54) is 18.2 Å². The second kappa shape index (κ2) is 9.03. The maximum absolute atomic E-state index is 12.4. The van der Waals surface area contributed by atoms with Gasteiger partial charge in [0.25, 0.3) is 0 Å². The molecule has 0 unspecified atom stereocenters. The van der Waals surface area contributed by atoms with Crippen molar-refractivity contribution in [2.75, 3.05) is 29.9 Å². The van der Waals surface area contributed by atoms with Gasteiger partial charge in [-0.05, 0) is 37.3 Å². The number of anilines is 3. The molecule has 1 amide bonds. The number of hydrogen-bond donors (Lipinski definition) is 2. The van der Waals surface area contributed by atoms with Crippen LogP contribution in [0, 0.1) is 12.8 Å². The number of nitrogens with zero attached hydrogens (tertiary/aromatic N) is 4. The average molecular weight is 387 g/mol. The SMILES string of the molecule is Cc1ccccc1Nc1nc(N)nc(CSCC(=O)N2CCC[C@H](C)C2)n1. The lowest BCUT2D eigenvalue weighted by atomic mass is 10.0. The first-order valence-electron chi connectivity index (χ1n) is 9.20. The van der Waals surface area contributed by atoms with Gasteiger partial charge in [-0.1, -0.05) is 25.1 Å². The van der Waals surface area contributed by atoms with Crippen LogP contribution in [0.4, 0.5) is 17.6 Å². The Morgan fingerprint density at radius 2 is 2.15 bits per heavy atom. The van der Waals surface area contributed by atoms with Crippen molar-refractivity contribution >= 4 is 35.3 Å². The first-order chi connectivity index (χ1) is 13.0. The summed E-state index contributed by atoms with van der Waals surface area (Å²) in [6.45, 7) is 5.94. The molecule has 144 valence electrons. The molecule has 7 nitrogen and oxygen atoms in total. The fraction of sp³-hybridized carbons (Fsp3) is 0.474. The van der Waals surface area contributed by atoms with Crippen LogP contribution in [0.25, 0.3) is 0 Å². The van der Waals surface area contributed by atoms with Crippen LogP contribution >= 0.6 is 11.8 Å². The van der Waals surface area contributed by atoms with E-state index in [-0.39, 0.29) is 11.9 Å². The maximum Gasteiger partial charge on any atom is 0.232 e. The molecule has 1 aromatic carbocycles. The van der Waals surface area contributed by atoms with Crippen LogP contribution in [0.5, 0.6) is 0 Å². The molecule has 0 bridgehead atoms. The van der Waals surface area contributed by atoms with E-state index >= 15 is 0 Å². The quantitative estimate of drug-likeness (QED) is 0.787. The van der Waals surface area contributed by atoms with E-state index in [4.69, 9.17) is 5.73 Å². The van der Waals surface area contributed by atoms with E-state index in [9.17, 15) is 4.79 Å². The number of nitrogens with one attached hydrogen (secondary N) is 1. The molecule has 3 rings (SSSR count). The van der Waals surface area contributed by atoms with Crippen LogP contribution in [-0.4, -0.2) is 44.6 Å². The number of para-hydroxylation sites is 1. The van der Waals surface area contributed by atoms with Gasteiger partial charge in [0.05, 0.1) is 11.5 Å². The second-order valence-corrected chi connectivity index (χ2v) is 7.94. The lowest BCUT2D eigenvalue weighted by Crippen LogP contribution is -2.40. The predicted molar refractivity (Wildman–Crippen MR) is 110 cm³/mol. The van der Waals surface area contributed by atoms with Gasteiger partial charge in [-0.2, -0.15) is 15.0 Å². The molecule has 1 aliphatic rings. The topological polar surface area (TPSA) is 97.0 Å². The number of benzene rings is 1. The van der Waals surface area contributed by atoms with Crippen molar-refractivity contribution in [3.8, 4) is 0 Å². The largest absolute Gasteiger partial charge is 0.368 e. The van der Waals surface area contributed by atoms with Crippen LogP contribution < -0.4 is 11.1 Å². The summed E-state index contributed by atoms with van der Waals surface area (Å²) in [6.07, 6.45) is 2.30.